The van der Waals surface area contributed by atoms with Crippen LogP contribution < -0.4 is 5.32 Å². The number of nitrogens with zero attached hydrogens (tertiary/aromatic N) is 2. The molecule has 0 aliphatic rings. The molecule has 2 aromatic carbocycles. The number of hydrogen-bond donors (Lipinski definition) is 2. The standard InChI is InChI=1S/C22H16F4N4O/c23-11-13-3-5-14(6-4-13)19(20-17(22(24,25)26)2-1-9-27-20)29-21(31)15-7-8-16-12-28-30-18(16)10-15/h1-10,12,19H,11H2,(H,28,30)(H,29,31)/t19-/m0/s1. The monoisotopic (exact) mass is 428 g/mol. The number of aromatic nitrogens is 3. The summed E-state index contributed by atoms with van der Waals surface area (Å²) in [4.78, 5) is 16.9. The van der Waals surface area contributed by atoms with E-state index >= 15 is 0 Å². The van der Waals surface area contributed by atoms with E-state index in [1.165, 1.54) is 36.5 Å². The molecule has 1 atom stereocenters. The molecule has 9 heteroatoms. The largest absolute Gasteiger partial charge is 0.418 e. The molecule has 2 aromatic heterocycles. The summed E-state index contributed by atoms with van der Waals surface area (Å²) in [5, 5.41) is 10.1. The zero-order valence-corrected chi connectivity index (χ0v) is 15.9. The summed E-state index contributed by atoms with van der Waals surface area (Å²) in [6.45, 7) is -0.709. The Bertz CT molecular complexity index is 1220. The molecule has 0 spiro atoms. The van der Waals surface area contributed by atoms with Crippen LogP contribution in [0.2, 0.25) is 0 Å². The van der Waals surface area contributed by atoms with Crippen molar-refractivity contribution in [2.24, 2.45) is 0 Å². The van der Waals surface area contributed by atoms with E-state index in [1.54, 1.807) is 24.4 Å². The van der Waals surface area contributed by atoms with Crippen molar-refractivity contribution in [3.63, 3.8) is 0 Å². The molecular formula is C22H16F4N4O. The number of rotatable bonds is 5. The molecule has 158 valence electrons. The van der Waals surface area contributed by atoms with E-state index < -0.39 is 30.4 Å². The minimum absolute atomic E-state index is 0.242. The molecule has 4 rings (SSSR count). The summed E-state index contributed by atoms with van der Waals surface area (Å²) in [5.74, 6) is -0.588. The van der Waals surface area contributed by atoms with Gasteiger partial charge in [-0.25, -0.2) is 4.39 Å². The molecule has 4 aromatic rings. The van der Waals surface area contributed by atoms with E-state index in [9.17, 15) is 22.4 Å². The van der Waals surface area contributed by atoms with Gasteiger partial charge in [-0.3, -0.25) is 14.9 Å². The number of benzene rings is 2. The number of carbonyl (C=O) groups is 1. The van der Waals surface area contributed by atoms with Crippen LogP contribution in [0.5, 0.6) is 0 Å². The van der Waals surface area contributed by atoms with Crippen molar-refractivity contribution < 1.29 is 22.4 Å². The number of carbonyl (C=O) groups excluding carboxylic acids is 1. The molecular weight excluding hydrogens is 412 g/mol. The first-order chi connectivity index (χ1) is 14.9. The Labute approximate surface area is 174 Å². The predicted molar refractivity (Wildman–Crippen MR) is 106 cm³/mol. The van der Waals surface area contributed by atoms with Gasteiger partial charge in [-0.05, 0) is 35.4 Å². The van der Waals surface area contributed by atoms with E-state index in [4.69, 9.17) is 0 Å². The molecule has 2 N–H and O–H groups in total. The van der Waals surface area contributed by atoms with Crippen LogP contribution >= 0.6 is 0 Å². The van der Waals surface area contributed by atoms with Gasteiger partial charge in [-0.15, -0.1) is 0 Å². The molecule has 0 aliphatic carbocycles. The lowest BCUT2D eigenvalue weighted by Gasteiger charge is -2.22. The predicted octanol–water partition coefficient (Wildman–Crippen LogP) is 4.97. The van der Waals surface area contributed by atoms with Crippen molar-refractivity contribution in [3.8, 4) is 0 Å². The van der Waals surface area contributed by atoms with Crippen molar-refractivity contribution in [1.29, 1.82) is 0 Å². The highest BCUT2D eigenvalue weighted by molar-refractivity contribution is 5.98. The fraction of sp³-hybridized carbons (Fsp3) is 0.136. The number of amides is 1. The molecule has 0 bridgehead atoms. The molecule has 0 radical (unpaired) electrons. The number of pyridine rings is 1. The lowest BCUT2D eigenvalue weighted by atomic mass is 9.97. The van der Waals surface area contributed by atoms with Gasteiger partial charge in [0.15, 0.2) is 0 Å². The summed E-state index contributed by atoms with van der Waals surface area (Å²) >= 11 is 0. The fourth-order valence-corrected chi connectivity index (χ4v) is 3.29. The van der Waals surface area contributed by atoms with Gasteiger partial charge in [0.05, 0.1) is 29.0 Å². The maximum atomic E-state index is 13.6. The van der Waals surface area contributed by atoms with E-state index in [-0.39, 0.29) is 11.3 Å². The van der Waals surface area contributed by atoms with Crippen LogP contribution in [-0.4, -0.2) is 21.1 Å². The summed E-state index contributed by atoms with van der Waals surface area (Å²) in [6, 6.07) is 11.6. The average Bonchev–Trinajstić information content (AvgIpc) is 3.25. The van der Waals surface area contributed by atoms with Gasteiger partial charge >= 0.3 is 6.18 Å². The molecule has 0 unspecified atom stereocenters. The number of H-pyrrole nitrogens is 1. The van der Waals surface area contributed by atoms with Crippen LogP contribution in [0.25, 0.3) is 10.9 Å². The molecule has 1 amide bonds. The topological polar surface area (TPSA) is 70.7 Å². The molecule has 0 fully saturated rings. The Hall–Kier alpha value is -3.75. The van der Waals surface area contributed by atoms with Gasteiger partial charge in [0.2, 0.25) is 0 Å². The van der Waals surface area contributed by atoms with Gasteiger partial charge in [0.25, 0.3) is 5.91 Å². The maximum Gasteiger partial charge on any atom is 0.418 e. The first-order valence-corrected chi connectivity index (χ1v) is 9.27. The number of hydrogen-bond acceptors (Lipinski definition) is 3. The van der Waals surface area contributed by atoms with E-state index in [1.807, 2.05) is 0 Å². The second kappa shape index (κ2) is 8.17. The third-order valence-electron chi connectivity index (χ3n) is 4.86. The summed E-state index contributed by atoms with van der Waals surface area (Å²) in [6.07, 6.45) is -1.84. The zero-order chi connectivity index (χ0) is 22.0. The molecule has 2 heterocycles. The molecule has 0 saturated carbocycles. The summed E-state index contributed by atoms with van der Waals surface area (Å²) in [5.41, 5.74) is 0.266. The van der Waals surface area contributed by atoms with Crippen LogP contribution in [0, 0.1) is 0 Å². The Morgan fingerprint density at radius 1 is 1.10 bits per heavy atom. The highest BCUT2D eigenvalue weighted by atomic mass is 19.4. The van der Waals surface area contributed by atoms with E-state index in [0.717, 1.165) is 11.5 Å². The van der Waals surface area contributed by atoms with Crippen LogP contribution in [0.15, 0.2) is 67.0 Å². The van der Waals surface area contributed by atoms with E-state index in [0.29, 0.717) is 16.6 Å². The van der Waals surface area contributed by atoms with Crippen LogP contribution in [0.3, 0.4) is 0 Å². The lowest BCUT2D eigenvalue weighted by molar-refractivity contribution is -0.138. The minimum Gasteiger partial charge on any atom is -0.340 e. The zero-order valence-electron chi connectivity index (χ0n) is 15.9. The summed E-state index contributed by atoms with van der Waals surface area (Å²) in [7, 11) is 0. The van der Waals surface area contributed by atoms with Gasteiger partial charge < -0.3 is 5.32 Å². The normalized spacial score (nSPS) is 12.6. The quantitative estimate of drug-likeness (QED) is 0.441. The SMILES string of the molecule is O=C(N[C@@H](c1ccc(CF)cc1)c1ncccc1C(F)(F)F)c1ccc2cn[nH]c2c1. The number of fused-ring (bicyclic) bond motifs is 1. The lowest BCUT2D eigenvalue weighted by Crippen LogP contribution is -2.31. The Morgan fingerprint density at radius 3 is 2.58 bits per heavy atom. The summed E-state index contributed by atoms with van der Waals surface area (Å²) < 4.78 is 53.8. The van der Waals surface area contributed by atoms with Crippen LogP contribution in [0.1, 0.15) is 38.8 Å². The molecule has 31 heavy (non-hydrogen) atoms. The minimum atomic E-state index is -4.67. The number of alkyl halides is 4. The average molecular weight is 428 g/mol. The molecule has 5 nitrogen and oxygen atoms in total. The van der Waals surface area contributed by atoms with Crippen molar-refractivity contribution in [1.82, 2.24) is 20.5 Å². The van der Waals surface area contributed by atoms with Crippen molar-refractivity contribution in [2.45, 2.75) is 18.9 Å². The Balaban J connectivity index is 1.76. The van der Waals surface area contributed by atoms with Crippen LogP contribution in [-0.2, 0) is 12.9 Å². The first kappa shape index (κ1) is 20.5. The number of aromatic amines is 1. The smallest absolute Gasteiger partial charge is 0.340 e. The van der Waals surface area contributed by atoms with Crippen molar-refractivity contribution >= 4 is 16.8 Å². The second-order valence-corrected chi connectivity index (χ2v) is 6.89. The Morgan fingerprint density at radius 2 is 1.87 bits per heavy atom. The number of nitrogens with one attached hydrogen (secondary N) is 2. The van der Waals surface area contributed by atoms with Crippen molar-refractivity contribution in [3.05, 3.63) is 94.9 Å². The van der Waals surface area contributed by atoms with Gasteiger partial charge in [-0.2, -0.15) is 18.3 Å². The third-order valence-corrected chi connectivity index (χ3v) is 4.86. The highest BCUT2D eigenvalue weighted by Gasteiger charge is 2.37. The Kier molecular flexibility index (Phi) is 5.41. The second-order valence-electron chi connectivity index (χ2n) is 6.89. The van der Waals surface area contributed by atoms with Crippen molar-refractivity contribution in [2.75, 3.05) is 0 Å². The van der Waals surface area contributed by atoms with E-state index in [2.05, 4.69) is 20.5 Å². The van der Waals surface area contributed by atoms with Gasteiger partial charge in [0, 0.05) is 17.1 Å². The van der Waals surface area contributed by atoms with Gasteiger partial charge in [-0.1, -0.05) is 30.3 Å². The number of halogens is 4. The third kappa shape index (κ3) is 4.25. The van der Waals surface area contributed by atoms with Crippen LogP contribution in [0.4, 0.5) is 17.6 Å². The highest BCUT2D eigenvalue weighted by Crippen LogP contribution is 2.35. The maximum absolute atomic E-state index is 13.6. The van der Waals surface area contributed by atoms with Gasteiger partial charge in [0.1, 0.15) is 6.67 Å². The molecule has 0 saturated heterocycles. The fourth-order valence-electron chi connectivity index (χ4n) is 3.29. The first-order valence-electron chi connectivity index (χ1n) is 9.27. The molecule has 0 aliphatic heterocycles.